The highest BCUT2D eigenvalue weighted by molar-refractivity contribution is 6.30. The number of benzene rings is 1. The Labute approximate surface area is 112 Å². The molecule has 0 spiro atoms. The molecule has 1 aromatic rings. The van der Waals surface area contributed by atoms with E-state index in [1.807, 2.05) is 0 Å². The lowest BCUT2D eigenvalue weighted by Gasteiger charge is -2.24. The van der Waals surface area contributed by atoms with Crippen LogP contribution in [0.4, 0.5) is 4.39 Å². The molecule has 4 heteroatoms. The normalized spacial score (nSPS) is 21.8. The van der Waals surface area contributed by atoms with Gasteiger partial charge in [0.1, 0.15) is 5.82 Å². The average Bonchev–Trinajstić information content (AvgIpc) is 2.35. The molecule has 1 heterocycles. The van der Waals surface area contributed by atoms with Gasteiger partial charge in [0.25, 0.3) is 0 Å². The maximum absolute atomic E-state index is 13.5. The molecule has 18 heavy (non-hydrogen) atoms. The van der Waals surface area contributed by atoms with Crippen molar-refractivity contribution in [3.8, 4) is 0 Å². The molecule has 0 saturated carbocycles. The Morgan fingerprint density at radius 2 is 2.28 bits per heavy atom. The molecule has 1 aliphatic heterocycles. The third kappa shape index (κ3) is 3.94. The van der Waals surface area contributed by atoms with E-state index in [0.717, 1.165) is 25.9 Å². The highest BCUT2D eigenvalue weighted by Crippen LogP contribution is 2.21. The third-order valence-electron chi connectivity index (χ3n) is 3.27. The maximum atomic E-state index is 13.5. The number of aliphatic hydroxyl groups excluding tert-OH is 1. The lowest BCUT2D eigenvalue weighted by atomic mass is 9.99. The molecule has 1 saturated heterocycles. The topological polar surface area (TPSA) is 29.5 Å². The highest BCUT2D eigenvalue weighted by Gasteiger charge is 2.19. The molecule has 100 valence electrons. The van der Waals surface area contributed by atoms with E-state index >= 15 is 0 Å². The molecule has 1 aromatic carbocycles. The summed E-state index contributed by atoms with van der Waals surface area (Å²) in [6.07, 6.45) is 3.59. The fourth-order valence-electron chi connectivity index (χ4n) is 2.33. The molecule has 0 aliphatic carbocycles. The van der Waals surface area contributed by atoms with Crippen molar-refractivity contribution in [1.29, 1.82) is 0 Å². The summed E-state index contributed by atoms with van der Waals surface area (Å²) in [7, 11) is 0. The van der Waals surface area contributed by atoms with Crippen molar-refractivity contribution in [3.63, 3.8) is 0 Å². The second-order valence-electron chi connectivity index (χ2n) is 4.82. The summed E-state index contributed by atoms with van der Waals surface area (Å²) >= 11 is 5.82. The molecule has 1 N–H and O–H groups in total. The number of halogens is 2. The molecule has 2 unspecified atom stereocenters. The zero-order valence-electron chi connectivity index (χ0n) is 10.2. The monoisotopic (exact) mass is 272 g/mol. The van der Waals surface area contributed by atoms with Crippen LogP contribution in [0.15, 0.2) is 18.2 Å². The van der Waals surface area contributed by atoms with Gasteiger partial charge in [-0.2, -0.15) is 0 Å². The van der Waals surface area contributed by atoms with Crippen LogP contribution in [0.1, 0.15) is 31.2 Å². The molecule has 1 aliphatic rings. The fourth-order valence-corrected chi connectivity index (χ4v) is 2.53. The first-order valence-corrected chi connectivity index (χ1v) is 6.76. The van der Waals surface area contributed by atoms with Crippen molar-refractivity contribution in [2.24, 2.45) is 0 Å². The van der Waals surface area contributed by atoms with Crippen LogP contribution in [0.3, 0.4) is 0 Å². The van der Waals surface area contributed by atoms with Crippen LogP contribution in [0.25, 0.3) is 0 Å². The minimum Gasteiger partial charge on any atom is -0.393 e. The Kier molecular flexibility index (Phi) is 4.98. The summed E-state index contributed by atoms with van der Waals surface area (Å²) in [6.45, 7) is 0.767. The van der Waals surface area contributed by atoms with E-state index in [-0.39, 0.29) is 18.3 Å². The van der Waals surface area contributed by atoms with Gasteiger partial charge in [0, 0.05) is 18.1 Å². The van der Waals surface area contributed by atoms with E-state index in [1.165, 1.54) is 12.1 Å². The zero-order valence-corrected chi connectivity index (χ0v) is 11.0. The quantitative estimate of drug-likeness (QED) is 0.911. The molecule has 0 aromatic heterocycles. The number of hydrogen-bond acceptors (Lipinski definition) is 2. The van der Waals surface area contributed by atoms with Crippen molar-refractivity contribution in [2.45, 2.75) is 44.3 Å². The molecule has 0 radical (unpaired) electrons. The van der Waals surface area contributed by atoms with Crippen molar-refractivity contribution < 1.29 is 14.2 Å². The lowest BCUT2D eigenvalue weighted by molar-refractivity contribution is -0.0149. The van der Waals surface area contributed by atoms with Gasteiger partial charge in [-0.25, -0.2) is 4.39 Å². The van der Waals surface area contributed by atoms with E-state index in [0.29, 0.717) is 17.0 Å². The van der Waals surface area contributed by atoms with E-state index < -0.39 is 6.10 Å². The minimum absolute atomic E-state index is 0.107. The highest BCUT2D eigenvalue weighted by atomic mass is 35.5. The predicted molar refractivity (Wildman–Crippen MR) is 69.3 cm³/mol. The van der Waals surface area contributed by atoms with E-state index in [2.05, 4.69) is 0 Å². The minimum atomic E-state index is -0.582. The van der Waals surface area contributed by atoms with Crippen LogP contribution >= 0.6 is 11.6 Å². The second kappa shape index (κ2) is 6.50. The maximum Gasteiger partial charge on any atom is 0.126 e. The standard InChI is InChI=1S/C14H18ClFO2/c15-11-4-5-14(16)10(7-11)8-12(17)9-13-3-1-2-6-18-13/h4-5,7,12-13,17H,1-3,6,8-9H2. The first kappa shape index (κ1) is 13.8. The number of aliphatic hydroxyl groups is 1. The van der Waals surface area contributed by atoms with Gasteiger partial charge < -0.3 is 9.84 Å². The van der Waals surface area contributed by atoms with Crippen LogP contribution in [0.2, 0.25) is 5.02 Å². The van der Waals surface area contributed by atoms with Crippen molar-refractivity contribution in [2.75, 3.05) is 6.61 Å². The zero-order chi connectivity index (χ0) is 13.0. The SMILES string of the molecule is OC(Cc1cc(Cl)ccc1F)CC1CCCCO1. The Morgan fingerprint density at radius 3 is 3.00 bits per heavy atom. The van der Waals surface area contributed by atoms with E-state index in [1.54, 1.807) is 6.07 Å². The summed E-state index contributed by atoms with van der Waals surface area (Å²) in [5.74, 6) is -0.317. The van der Waals surface area contributed by atoms with E-state index in [9.17, 15) is 9.50 Å². The largest absolute Gasteiger partial charge is 0.393 e. The molecule has 2 nitrogen and oxygen atoms in total. The Bertz CT molecular complexity index is 391. The third-order valence-corrected chi connectivity index (χ3v) is 3.51. The Morgan fingerprint density at radius 1 is 1.44 bits per heavy atom. The van der Waals surface area contributed by atoms with Gasteiger partial charge in [-0.15, -0.1) is 0 Å². The van der Waals surface area contributed by atoms with E-state index in [4.69, 9.17) is 16.3 Å². The summed E-state index contributed by atoms with van der Waals surface area (Å²) in [5, 5.41) is 10.5. The van der Waals surface area contributed by atoms with Crippen LogP contribution in [0.5, 0.6) is 0 Å². The molecular formula is C14H18ClFO2. The van der Waals surface area contributed by atoms with Crippen LogP contribution in [-0.2, 0) is 11.2 Å². The first-order chi connectivity index (χ1) is 8.65. The van der Waals surface area contributed by atoms with Gasteiger partial charge in [-0.1, -0.05) is 11.6 Å². The van der Waals surface area contributed by atoms with Gasteiger partial charge in [0.2, 0.25) is 0 Å². The van der Waals surface area contributed by atoms with Crippen molar-refractivity contribution in [1.82, 2.24) is 0 Å². The van der Waals surface area contributed by atoms with Crippen molar-refractivity contribution in [3.05, 3.63) is 34.6 Å². The Balaban J connectivity index is 1.89. The summed E-state index contributed by atoms with van der Waals surface area (Å²) in [5.41, 5.74) is 0.464. The number of ether oxygens (including phenoxy) is 1. The summed E-state index contributed by atoms with van der Waals surface area (Å²) < 4.78 is 19.1. The molecule has 1 fully saturated rings. The fraction of sp³-hybridized carbons (Fsp3) is 0.571. The molecular weight excluding hydrogens is 255 g/mol. The van der Waals surface area contributed by atoms with Gasteiger partial charge in [-0.3, -0.25) is 0 Å². The molecule has 0 amide bonds. The predicted octanol–water partition coefficient (Wildman–Crippen LogP) is 3.34. The van der Waals surface area contributed by atoms with Crippen molar-refractivity contribution >= 4 is 11.6 Å². The summed E-state index contributed by atoms with van der Waals surface area (Å²) in [6, 6.07) is 4.42. The average molecular weight is 273 g/mol. The summed E-state index contributed by atoms with van der Waals surface area (Å²) in [4.78, 5) is 0. The van der Waals surface area contributed by atoms with Gasteiger partial charge in [0.15, 0.2) is 0 Å². The number of hydrogen-bond donors (Lipinski definition) is 1. The smallest absolute Gasteiger partial charge is 0.126 e. The van der Waals surface area contributed by atoms with Gasteiger partial charge in [0.05, 0.1) is 12.2 Å². The van der Waals surface area contributed by atoms with Gasteiger partial charge in [-0.05, 0) is 49.4 Å². The second-order valence-corrected chi connectivity index (χ2v) is 5.25. The van der Waals surface area contributed by atoms with Gasteiger partial charge >= 0.3 is 0 Å². The van der Waals surface area contributed by atoms with Crippen LogP contribution in [-0.4, -0.2) is 23.9 Å². The van der Waals surface area contributed by atoms with Crippen LogP contribution in [0, 0.1) is 5.82 Å². The Hall–Kier alpha value is -0.640. The number of rotatable bonds is 4. The lowest BCUT2D eigenvalue weighted by Crippen LogP contribution is -2.26. The first-order valence-electron chi connectivity index (χ1n) is 6.39. The molecule has 0 bridgehead atoms. The van der Waals surface area contributed by atoms with Crippen LogP contribution < -0.4 is 0 Å². The molecule has 2 atom stereocenters. The molecule has 2 rings (SSSR count).